The number of carbonyl (C=O) groups excluding carboxylic acids is 1. The van der Waals surface area contributed by atoms with Crippen LogP contribution in [0.4, 0.5) is 16.2 Å². The van der Waals surface area contributed by atoms with Crippen LogP contribution >= 0.6 is 0 Å². The van der Waals surface area contributed by atoms with Crippen molar-refractivity contribution in [3.63, 3.8) is 0 Å². The lowest BCUT2D eigenvalue weighted by Crippen LogP contribution is -2.37. The molecular weight excluding hydrogens is 278 g/mol. The molecule has 7 heteroatoms. The molecule has 6 nitrogen and oxygen atoms in total. The minimum Gasteiger partial charge on any atom is -0.252 e. The van der Waals surface area contributed by atoms with Crippen molar-refractivity contribution in [3.05, 3.63) is 60.7 Å². The van der Waals surface area contributed by atoms with Gasteiger partial charge in [-0.1, -0.05) is 40.8 Å². The molecule has 0 fully saturated rings. The van der Waals surface area contributed by atoms with Crippen molar-refractivity contribution in [3.8, 4) is 0 Å². The molecule has 1 N–H and O–H groups in total. The van der Waals surface area contributed by atoms with E-state index in [1.54, 1.807) is 48.5 Å². The van der Waals surface area contributed by atoms with Crippen molar-refractivity contribution in [1.82, 2.24) is 5.43 Å². The number of carbonyl (C=O) groups is 1. The average Bonchev–Trinajstić information content (AvgIpc) is 2.46. The summed E-state index contributed by atoms with van der Waals surface area (Å²) in [5.74, 6) is 0. The van der Waals surface area contributed by atoms with Gasteiger partial charge in [0.25, 0.3) is 0 Å². The summed E-state index contributed by atoms with van der Waals surface area (Å²) in [5.41, 5.74) is 3.77. The number of benzene rings is 2. The fourth-order valence-electron chi connectivity index (χ4n) is 1.62. The number of amides is 2. The number of anilines is 2. The summed E-state index contributed by atoms with van der Waals surface area (Å²) in [6.45, 7) is 0. The molecule has 0 aliphatic rings. The summed E-state index contributed by atoms with van der Waals surface area (Å²) in [5, 5.41) is 1.46. The van der Waals surface area contributed by atoms with Crippen molar-refractivity contribution in [2.24, 2.45) is 4.36 Å². The second kappa shape index (κ2) is 6.48. The fraction of sp³-hybridized carbons (Fsp3) is 0. The first-order valence-corrected chi connectivity index (χ1v) is 6.72. The predicted octanol–water partition coefficient (Wildman–Crippen LogP) is 2.51. The molecule has 0 atom stereocenters. The van der Waals surface area contributed by atoms with E-state index in [0.29, 0.717) is 11.4 Å². The third-order valence-corrected chi connectivity index (χ3v) is 2.71. The van der Waals surface area contributed by atoms with E-state index in [1.165, 1.54) is 5.01 Å². The maximum absolute atomic E-state index is 11.5. The summed E-state index contributed by atoms with van der Waals surface area (Å²) in [6.07, 6.45) is 0. The van der Waals surface area contributed by atoms with E-state index in [0.717, 1.165) is 0 Å². The van der Waals surface area contributed by atoms with Gasteiger partial charge >= 0.3 is 16.5 Å². The van der Waals surface area contributed by atoms with Gasteiger partial charge in [0.2, 0.25) is 0 Å². The van der Waals surface area contributed by atoms with Gasteiger partial charge in [0.05, 0.1) is 11.4 Å². The Morgan fingerprint density at radius 1 is 0.900 bits per heavy atom. The molecule has 0 saturated carbocycles. The minimum absolute atomic E-state index is 0.680. The highest BCUT2D eigenvalue weighted by atomic mass is 32.2. The van der Waals surface area contributed by atoms with Gasteiger partial charge in [0.1, 0.15) is 0 Å². The first kappa shape index (κ1) is 13.8. The monoisotopic (exact) mass is 289 g/mol. The molecule has 0 aliphatic carbocycles. The Labute approximate surface area is 117 Å². The van der Waals surface area contributed by atoms with E-state index in [9.17, 15) is 13.2 Å². The van der Waals surface area contributed by atoms with Gasteiger partial charge < -0.3 is 0 Å². The zero-order valence-electron chi connectivity index (χ0n) is 10.3. The number of nitrogens with one attached hydrogen (secondary N) is 1. The summed E-state index contributed by atoms with van der Waals surface area (Å²) in [6, 6.07) is 17.1. The molecule has 0 bridgehead atoms. The van der Waals surface area contributed by atoms with Crippen LogP contribution in [0.2, 0.25) is 0 Å². The summed E-state index contributed by atoms with van der Waals surface area (Å²) >= 11 is 0. The smallest absolute Gasteiger partial charge is 0.252 e. The lowest BCUT2D eigenvalue weighted by atomic mass is 10.2. The number of para-hydroxylation sites is 2. The zero-order valence-corrected chi connectivity index (χ0v) is 11.1. The number of nitrogens with zero attached hydrogens (tertiary/aromatic N) is 2. The van der Waals surface area contributed by atoms with Gasteiger partial charge in [-0.15, -0.1) is 0 Å². The van der Waals surface area contributed by atoms with Crippen molar-refractivity contribution < 1.29 is 13.2 Å². The molecule has 102 valence electrons. The third-order valence-electron chi connectivity index (χ3n) is 2.39. The minimum atomic E-state index is -2.79. The molecule has 0 saturated heterocycles. The highest BCUT2D eigenvalue weighted by molar-refractivity contribution is 7.62. The van der Waals surface area contributed by atoms with E-state index in [4.69, 9.17) is 0 Å². The van der Waals surface area contributed by atoms with Crippen LogP contribution in [0.3, 0.4) is 0 Å². The molecule has 0 heterocycles. The molecule has 2 aromatic carbocycles. The first-order chi connectivity index (χ1) is 9.66. The third kappa shape index (κ3) is 3.66. The molecule has 0 radical (unpaired) electrons. The normalized spacial score (nSPS) is 9.60. The fourth-order valence-corrected chi connectivity index (χ4v) is 1.79. The molecule has 2 amide bonds. The molecule has 20 heavy (non-hydrogen) atoms. The Morgan fingerprint density at radius 2 is 1.35 bits per heavy atom. The molecule has 0 unspecified atom stereocenters. The van der Waals surface area contributed by atoms with Crippen LogP contribution in [-0.4, -0.2) is 14.4 Å². The molecule has 0 aliphatic heterocycles. The lowest BCUT2D eigenvalue weighted by molar-refractivity contribution is 0.249. The van der Waals surface area contributed by atoms with Gasteiger partial charge in [-0.3, -0.25) is 5.01 Å². The Morgan fingerprint density at radius 3 is 1.75 bits per heavy atom. The topological polar surface area (TPSA) is 78.8 Å². The van der Waals surface area contributed by atoms with Gasteiger partial charge in [0.15, 0.2) is 0 Å². The van der Waals surface area contributed by atoms with Gasteiger partial charge in [-0.25, -0.2) is 10.2 Å². The quantitative estimate of drug-likeness (QED) is 0.880. The van der Waals surface area contributed by atoms with Crippen LogP contribution in [0.15, 0.2) is 65.0 Å². The van der Waals surface area contributed by atoms with Crippen LogP contribution in [-0.2, 0) is 10.5 Å². The van der Waals surface area contributed by atoms with Crippen LogP contribution in [0, 0.1) is 0 Å². The van der Waals surface area contributed by atoms with Crippen molar-refractivity contribution >= 4 is 27.9 Å². The van der Waals surface area contributed by atoms with Crippen molar-refractivity contribution in [1.29, 1.82) is 0 Å². The van der Waals surface area contributed by atoms with Gasteiger partial charge in [-0.05, 0) is 24.3 Å². The summed E-state index contributed by atoms with van der Waals surface area (Å²) < 4.78 is 23.7. The number of hydrogen-bond acceptors (Lipinski definition) is 4. The molecular formula is C13H11N3O3S. The highest BCUT2D eigenvalue weighted by Gasteiger charge is 2.11. The Balaban J connectivity index is 2.35. The molecule has 2 rings (SSSR count). The standard InChI is InChI=1S/C13H11N3O3S/c17-13(15-20(18)19)14-16(11-7-3-1-4-8-11)12-9-5-2-6-10-12/h1-10H,(H,14,17). The van der Waals surface area contributed by atoms with Crippen LogP contribution < -0.4 is 10.4 Å². The highest BCUT2D eigenvalue weighted by Crippen LogP contribution is 2.22. The van der Waals surface area contributed by atoms with E-state index in [1.807, 2.05) is 12.1 Å². The van der Waals surface area contributed by atoms with Gasteiger partial charge in [-0.2, -0.15) is 8.42 Å². The number of hydrogen-bond donors (Lipinski definition) is 1. The average molecular weight is 289 g/mol. The summed E-state index contributed by atoms with van der Waals surface area (Å²) in [7, 11) is -2.79. The predicted molar refractivity (Wildman–Crippen MR) is 74.9 cm³/mol. The second-order valence-corrected chi connectivity index (χ2v) is 4.35. The van der Waals surface area contributed by atoms with E-state index in [-0.39, 0.29) is 0 Å². The maximum atomic E-state index is 11.5. The van der Waals surface area contributed by atoms with Crippen LogP contribution in [0.25, 0.3) is 0 Å². The number of urea groups is 1. The molecule has 2 aromatic rings. The van der Waals surface area contributed by atoms with Crippen LogP contribution in [0.1, 0.15) is 0 Å². The van der Waals surface area contributed by atoms with E-state index < -0.39 is 16.5 Å². The summed E-state index contributed by atoms with van der Waals surface area (Å²) in [4.78, 5) is 11.5. The second-order valence-electron chi connectivity index (χ2n) is 3.73. The number of hydrazine groups is 1. The van der Waals surface area contributed by atoms with Crippen molar-refractivity contribution in [2.75, 3.05) is 5.01 Å². The Kier molecular flexibility index (Phi) is 4.46. The first-order valence-electron chi connectivity index (χ1n) is 5.69. The Bertz CT molecular complexity index is 668. The van der Waals surface area contributed by atoms with Crippen LogP contribution in [0.5, 0.6) is 0 Å². The SMILES string of the molecule is O=C(N=S(=O)=O)NN(c1ccccc1)c1ccccc1. The van der Waals surface area contributed by atoms with E-state index >= 15 is 0 Å². The van der Waals surface area contributed by atoms with Crippen molar-refractivity contribution in [2.45, 2.75) is 0 Å². The van der Waals surface area contributed by atoms with E-state index in [2.05, 4.69) is 9.79 Å². The molecule has 0 aromatic heterocycles. The zero-order chi connectivity index (χ0) is 14.4. The molecule has 0 spiro atoms. The maximum Gasteiger partial charge on any atom is 0.375 e. The largest absolute Gasteiger partial charge is 0.375 e. The Hall–Kier alpha value is -2.67. The number of rotatable bonds is 3. The lowest BCUT2D eigenvalue weighted by Gasteiger charge is -2.23. The van der Waals surface area contributed by atoms with Gasteiger partial charge in [0, 0.05) is 0 Å².